The first kappa shape index (κ1) is 20.1. The number of carbonyl (C=O) groups excluding carboxylic acids is 2. The molecule has 2 N–H and O–H groups in total. The van der Waals surface area contributed by atoms with E-state index in [1.54, 1.807) is 23.9 Å². The van der Waals surface area contributed by atoms with E-state index < -0.39 is 0 Å². The van der Waals surface area contributed by atoms with Crippen molar-refractivity contribution in [3.8, 4) is 0 Å². The summed E-state index contributed by atoms with van der Waals surface area (Å²) in [5.41, 5.74) is 0.816. The molecule has 0 unspecified atom stereocenters. The molecule has 6 nitrogen and oxygen atoms in total. The highest BCUT2D eigenvalue weighted by Gasteiger charge is 2.29. The Kier molecular flexibility index (Phi) is 7.88. The van der Waals surface area contributed by atoms with E-state index in [-0.39, 0.29) is 43.6 Å². The number of aliphatic hydroxyl groups excluding tert-OH is 1. The Labute approximate surface area is 144 Å². The molecule has 0 saturated heterocycles. The molecule has 0 heterocycles. The molecule has 0 saturated carbocycles. The Morgan fingerprint density at radius 2 is 1.79 bits per heavy atom. The van der Waals surface area contributed by atoms with E-state index in [2.05, 4.69) is 5.32 Å². The minimum absolute atomic E-state index is 0.0757. The van der Waals surface area contributed by atoms with E-state index >= 15 is 0 Å². The number of hydrogen-bond acceptors (Lipinski definition) is 4. The molecule has 0 spiro atoms. The lowest BCUT2D eigenvalue weighted by atomic mass is 9.93. The van der Waals surface area contributed by atoms with Gasteiger partial charge in [-0.2, -0.15) is 0 Å². The summed E-state index contributed by atoms with van der Waals surface area (Å²) in [5, 5.41) is 11.7. The largest absolute Gasteiger partial charge is 0.395 e. The van der Waals surface area contributed by atoms with Crippen molar-refractivity contribution in [2.75, 3.05) is 40.3 Å². The molecule has 0 aliphatic carbocycles. The van der Waals surface area contributed by atoms with Crippen molar-refractivity contribution in [2.45, 2.75) is 25.8 Å². The maximum absolute atomic E-state index is 12.6. The number of aliphatic hydroxyl groups is 1. The van der Waals surface area contributed by atoms with Gasteiger partial charge in [0.05, 0.1) is 19.7 Å². The molecule has 24 heavy (non-hydrogen) atoms. The van der Waals surface area contributed by atoms with Gasteiger partial charge in [0.2, 0.25) is 11.8 Å². The van der Waals surface area contributed by atoms with Gasteiger partial charge in [-0.1, -0.05) is 30.3 Å². The zero-order chi connectivity index (χ0) is 18.2. The smallest absolute Gasteiger partial charge is 0.236 e. The molecular weight excluding hydrogens is 306 g/mol. The highest BCUT2D eigenvalue weighted by molar-refractivity contribution is 5.81. The van der Waals surface area contributed by atoms with Crippen LogP contribution in [0.15, 0.2) is 30.3 Å². The van der Waals surface area contributed by atoms with Crippen LogP contribution in [0.1, 0.15) is 19.4 Å². The van der Waals surface area contributed by atoms with Crippen LogP contribution in [-0.4, -0.2) is 72.6 Å². The highest BCUT2D eigenvalue weighted by Crippen LogP contribution is 2.19. The summed E-state index contributed by atoms with van der Waals surface area (Å²) in [5.74, 6) is -0.254. The lowest BCUT2D eigenvalue weighted by molar-refractivity contribution is -0.136. The minimum atomic E-state index is -0.351. The van der Waals surface area contributed by atoms with Crippen molar-refractivity contribution in [3.63, 3.8) is 0 Å². The summed E-state index contributed by atoms with van der Waals surface area (Å²) >= 11 is 0. The summed E-state index contributed by atoms with van der Waals surface area (Å²) in [6.45, 7) is 4.42. The molecule has 0 aliphatic heterocycles. The van der Waals surface area contributed by atoms with Gasteiger partial charge in [0, 0.05) is 26.2 Å². The third kappa shape index (κ3) is 6.29. The summed E-state index contributed by atoms with van der Waals surface area (Å²) < 4.78 is 0. The van der Waals surface area contributed by atoms with E-state index in [4.69, 9.17) is 5.11 Å². The maximum atomic E-state index is 12.6. The summed E-state index contributed by atoms with van der Waals surface area (Å²) in [4.78, 5) is 27.5. The molecule has 0 bridgehead atoms. The number of nitrogens with zero attached hydrogens (tertiary/aromatic N) is 2. The summed E-state index contributed by atoms with van der Waals surface area (Å²) in [6.07, 6.45) is 0.742. The topological polar surface area (TPSA) is 72.9 Å². The SMILES string of the molecule is CNC(=O)CN(CCO)CC(=O)N(C)C(C)(C)Cc1ccccc1. The molecule has 2 amide bonds. The lowest BCUT2D eigenvalue weighted by Gasteiger charge is -2.37. The van der Waals surface area contributed by atoms with Crippen LogP contribution < -0.4 is 5.32 Å². The van der Waals surface area contributed by atoms with Crippen molar-refractivity contribution >= 4 is 11.8 Å². The van der Waals surface area contributed by atoms with E-state index in [1.165, 1.54) is 5.56 Å². The summed E-state index contributed by atoms with van der Waals surface area (Å²) in [6, 6.07) is 10.0. The van der Waals surface area contributed by atoms with Crippen LogP contribution >= 0.6 is 0 Å². The Morgan fingerprint density at radius 1 is 1.17 bits per heavy atom. The van der Waals surface area contributed by atoms with Crippen LogP contribution in [-0.2, 0) is 16.0 Å². The van der Waals surface area contributed by atoms with Crippen LogP contribution in [0.3, 0.4) is 0 Å². The van der Waals surface area contributed by atoms with E-state index in [0.29, 0.717) is 0 Å². The maximum Gasteiger partial charge on any atom is 0.236 e. The fourth-order valence-electron chi connectivity index (χ4n) is 2.49. The standard InChI is InChI=1S/C18H29N3O3/c1-18(2,12-15-8-6-5-7-9-15)20(4)17(24)14-21(10-11-22)13-16(23)19-3/h5-9,22H,10-14H2,1-4H3,(H,19,23). The Hall–Kier alpha value is -1.92. The summed E-state index contributed by atoms with van der Waals surface area (Å²) in [7, 11) is 3.33. The fourth-order valence-corrected chi connectivity index (χ4v) is 2.49. The molecule has 0 aliphatic rings. The van der Waals surface area contributed by atoms with Gasteiger partial charge < -0.3 is 15.3 Å². The van der Waals surface area contributed by atoms with E-state index in [9.17, 15) is 9.59 Å². The molecule has 1 aromatic rings. The normalized spacial score (nSPS) is 11.4. The molecule has 134 valence electrons. The molecular formula is C18H29N3O3. The number of hydrogen-bond donors (Lipinski definition) is 2. The fraction of sp³-hybridized carbons (Fsp3) is 0.556. The van der Waals surface area contributed by atoms with E-state index in [0.717, 1.165) is 6.42 Å². The number of carbonyl (C=O) groups is 2. The molecule has 0 aromatic heterocycles. The molecule has 0 atom stereocenters. The van der Waals surface area contributed by atoms with Crippen molar-refractivity contribution in [1.29, 1.82) is 0 Å². The number of amides is 2. The first-order chi connectivity index (χ1) is 11.3. The van der Waals surface area contributed by atoms with Crippen LogP contribution in [0.25, 0.3) is 0 Å². The lowest BCUT2D eigenvalue weighted by Crippen LogP contribution is -2.51. The van der Waals surface area contributed by atoms with Gasteiger partial charge in [-0.15, -0.1) is 0 Å². The molecule has 0 fully saturated rings. The number of benzene rings is 1. The van der Waals surface area contributed by atoms with Gasteiger partial charge in [-0.3, -0.25) is 14.5 Å². The molecule has 0 radical (unpaired) electrons. The van der Waals surface area contributed by atoms with Crippen LogP contribution in [0.5, 0.6) is 0 Å². The second kappa shape index (κ2) is 9.39. The predicted molar refractivity (Wildman–Crippen MR) is 94.6 cm³/mol. The van der Waals surface area contributed by atoms with Crippen molar-refractivity contribution in [3.05, 3.63) is 35.9 Å². The second-order valence-electron chi connectivity index (χ2n) is 6.54. The minimum Gasteiger partial charge on any atom is -0.395 e. The molecule has 1 aromatic carbocycles. The van der Waals surface area contributed by atoms with Gasteiger partial charge in [-0.25, -0.2) is 0 Å². The number of rotatable bonds is 9. The average Bonchev–Trinajstić information content (AvgIpc) is 2.54. The zero-order valence-electron chi connectivity index (χ0n) is 15.1. The zero-order valence-corrected chi connectivity index (χ0v) is 15.1. The monoisotopic (exact) mass is 335 g/mol. The average molecular weight is 335 g/mol. The Morgan fingerprint density at radius 3 is 2.33 bits per heavy atom. The van der Waals surface area contributed by atoms with Gasteiger partial charge in [0.1, 0.15) is 0 Å². The third-order valence-corrected chi connectivity index (χ3v) is 4.18. The first-order valence-corrected chi connectivity index (χ1v) is 8.14. The third-order valence-electron chi connectivity index (χ3n) is 4.18. The van der Waals surface area contributed by atoms with Crippen molar-refractivity contribution in [2.24, 2.45) is 0 Å². The van der Waals surface area contributed by atoms with Gasteiger partial charge in [-0.05, 0) is 25.8 Å². The van der Waals surface area contributed by atoms with Gasteiger partial charge in [0.15, 0.2) is 0 Å². The number of likely N-dealkylation sites (N-methyl/N-ethyl adjacent to an activating group) is 2. The van der Waals surface area contributed by atoms with Gasteiger partial charge in [0.25, 0.3) is 0 Å². The van der Waals surface area contributed by atoms with Crippen molar-refractivity contribution in [1.82, 2.24) is 15.1 Å². The van der Waals surface area contributed by atoms with Crippen LogP contribution in [0.2, 0.25) is 0 Å². The first-order valence-electron chi connectivity index (χ1n) is 8.14. The Balaban J connectivity index is 2.70. The molecule has 1 rings (SSSR count). The van der Waals surface area contributed by atoms with Crippen molar-refractivity contribution < 1.29 is 14.7 Å². The number of nitrogens with one attached hydrogen (secondary N) is 1. The predicted octanol–water partition coefficient (Wildman–Crippen LogP) is 0.506. The molecule has 6 heteroatoms. The quantitative estimate of drug-likeness (QED) is 0.690. The van der Waals surface area contributed by atoms with Gasteiger partial charge >= 0.3 is 0 Å². The second-order valence-corrected chi connectivity index (χ2v) is 6.54. The van der Waals surface area contributed by atoms with Crippen LogP contribution in [0.4, 0.5) is 0 Å². The Bertz CT molecular complexity index is 532. The van der Waals surface area contributed by atoms with E-state index in [1.807, 2.05) is 44.2 Å². The highest BCUT2D eigenvalue weighted by atomic mass is 16.3. The van der Waals surface area contributed by atoms with Crippen LogP contribution in [0, 0.1) is 0 Å².